The topological polar surface area (TPSA) is 67.4 Å². The van der Waals surface area contributed by atoms with E-state index >= 15 is 0 Å². The van der Waals surface area contributed by atoms with E-state index in [0.717, 1.165) is 5.56 Å². The summed E-state index contributed by atoms with van der Waals surface area (Å²) in [7, 11) is 0. The molecule has 0 bridgehead atoms. The van der Waals surface area contributed by atoms with Crippen molar-refractivity contribution in [1.29, 1.82) is 0 Å². The fraction of sp³-hybridized carbons (Fsp3) is 0.300. The van der Waals surface area contributed by atoms with Crippen LogP contribution >= 0.6 is 0 Å². The van der Waals surface area contributed by atoms with E-state index in [2.05, 4.69) is 10.6 Å². The molecule has 25 heavy (non-hydrogen) atoms. The van der Waals surface area contributed by atoms with E-state index in [0.29, 0.717) is 30.0 Å². The molecule has 0 saturated heterocycles. The number of anilines is 2. The van der Waals surface area contributed by atoms with Crippen molar-refractivity contribution in [2.24, 2.45) is 0 Å². The summed E-state index contributed by atoms with van der Waals surface area (Å²) in [6.07, 6.45) is 0.415. The fourth-order valence-electron chi connectivity index (χ4n) is 2.28. The zero-order chi connectivity index (χ0) is 18.2. The molecule has 2 rings (SSSR count). The number of carbonyl (C=O) groups is 2. The Balaban J connectivity index is 1.98. The summed E-state index contributed by atoms with van der Waals surface area (Å²) in [4.78, 5) is 23.8. The first-order chi connectivity index (χ1) is 12.0. The van der Waals surface area contributed by atoms with Gasteiger partial charge in [0.15, 0.2) is 6.10 Å². The van der Waals surface area contributed by atoms with Crippen molar-refractivity contribution in [1.82, 2.24) is 0 Å². The predicted molar refractivity (Wildman–Crippen MR) is 99.9 cm³/mol. The number of benzene rings is 2. The first-order valence-corrected chi connectivity index (χ1v) is 8.46. The van der Waals surface area contributed by atoms with Gasteiger partial charge in [-0.3, -0.25) is 9.59 Å². The Labute approximate surface area is 148 Å². The van der Waals surface area contributed by atoms with Crippen LogP contribution in [-0.2, 0) is 9.59 Å². The Kier molecular flexibility index (Phi) is 6.57. The number of hydrogen-bond acceptors (Lipinski definition) is 3. The monoisotopic (exact) mass is 340 g/mol. The SMILES string of the molecule is CCC(=O)Nc1ccc(NC(=O)C(CC)Oc2cccc(C)c2)cc1. The van der Waals surface area contributed by atoms with Gasteiger partial charge in [0, 0.05) is 17.8 Å². The number of hydrogen-bond donors (Lipinski definition) is 2. The highest BCUT2D eigenvalue weighted by molar-refractivity contribution is 5.95. The molecule has 5 nitrogen and oxygen atoms in total. The van der Waals surface area contributed by atoms with Gasteiger partial charge >= 0.3 is 0 Å². The van der Waals surface area contributed by atoms with Crippen molar-refractivity contribution in [3.05, 3.63) is 54.1 Å². The molecule has 5 heteroatoms. The van der Waals surface area contributed by atoms with E-state index in [1.165, 1.54) is 0 Å². The van der Waals surface area contributed by atoms with Gasteiger partial charge in [-0.2, -0.15) is 0 Å². The van der Waals surface area contributed by atoms with E-state index in [1.54, 1.807) is 31.2 Å². The summed E-state index contributed by atoms with van der Waals surface area (Å²) in [5.74, 6) is 0.434. The molecule has 2 amide bonds. The maximum Gasteiger partial charge on any atom is 0.265 e. The third kappa shape index (κ3) is 5.64. The fourth-order valence-corrected chi connectivity index (χ4v) is 2.28. The summed E-state index contributed by atoms with van der Waals surface area (Å²) >= 11 is 0. The Hall–Kier alpha value is -2.82. The van der Waals surface area contributed by atoms with Crippen LogP contribution in [0.2, 0.25) is 0 Å². The maximum absolute atomic E-state index is 12.4. The lowest BCUT2D eigenvalue weighted by molar-refractivity contribution is -0.122. The van der Waals surface area contributed by atoms with Crippen LogP contribution in [0.25, 0.3) is 0 Å². The van der Waals surface area contributed by atoms with Crippen molar-refractivity contribution in [2.75, 3.05) is 10.6 Å². The van der Waals surface area contributed by atoms with Gasteiger partial charge < -0.3 is 15.4 Å². The number of nitrogens with one attached hydrogen (secondary N) is 2. The Morgan fingerprint density at radius 1 is 1.00 bits per heavy atom. The van der Waals surface area contributed by atoms with E-state index < -0.39 is 6.10 Å². The number of ether oxygens (including phenoxy) is 1. The lowest BCUT2D eigenvalue weighted by atomic mass is 10.2. The minimum atomic E-state index is -0.568. The highest BCUT2D eigenvalue weighted by Gasteiger charge is 2.18. The van der Waals surface area contributed by atoms with Crippen LogP contribution in [-0.4, -0.2) is 17.9 Å². The van der Waals surface area contributed by atoms with Crippen molar-refractivity contribution < 1.29 is 14.3 Å². The largest absolute Gasteiger partial charge is 0.481 e. The minimum absolute atomic E-state index is 0.0469. The van der Waals surface area contributed by atoms with Crippen LogP contribution in [0.5, 0.6) is 5.75 Å². The van der Waals surface area contributed by atoms with Crippen LogP contribution in [0.15, 0.2) is 48.5 Å². The van der Waals surface area contributed by atoms with Crippen molar-refractivity contribution in [3.8, 4) is 5.75 Å². The molecular weight excluding hydrogens is 316 g/mol. The molecule has 0 radical (unpaired) electrons. The zero-order valence-electron chi connectivity index (χ0n) is 14.8. The molecule has 0 heterocycles. The predicted octanol–water partition coefficient (Wildman–Crippen LogP) is 4.14. The first-order valence-electron chi connectivity index (χ1n) is 8.46. The molecule has 1 unspecified atom stereocenters. The number of rotatable bonds is 7. The summed E-state index contributed by atoms with van der Waals surface area (Å²) in [5, 5.41) is 5.61. The number of aryl methyl sites for hydroxylation is 1. The van der Waals surface area contributed by atoms with Gasteiger partial charge in [0.2, 0.25) is 5.91 Å². The van der Waals surface area contributed by atoms with Gasteiger partial charge in [0.05, 0.1) is 0 Å². The highest BCUT2D eigenvalue weighted by Crippen LogP contribution is 2.18. The Morgan fingerprint density at radius 2 is 1.64 bits per heavy atom. The van der Waals surface area contributed by atoms with Gasteiger partial charge in [0.1, 0.15) is 5.75 Å². The Bertz CT molecular complexity index is 726. The average molecular weight is 340 g/mol. The van der Waals surface area contributed by atoms with E-state index in [4.69, 9.17) is 4.74 Å². The standard InChI is InChI=1S/C20H24N2O3/c1-4-18(25-17-8-6-7-14(3)13-17)20(24)22-16-11-9-15(10-12-16)21-19(23)5-2/h6-13,18H,4-5H2,1-3H3,(H,21,23)(H,22,24). The van der Waals surface area contributed by atoms with Crippen molar-refractivity contribution in [2.45, 2.75) is 39.7 Å². The second kappa shape index (κ2) is 8.87. The summed E-state index contributed by atoms with van der Waals surface area (Å²) in [6.45, 7) is 5.68. The van der Waals surface area contributed by atoms with Gasteiger partial charge in [-0.25, -0.2) is 0 Å². The summed E-state index contributed by atoms with van der Waals surface area (Å²) < 4.78 is 5.80. The second-order valence-electron chi connectivity index (χ2n) is 5.80. The quantitative estimate of drug-likeness (QED) is 0.796. The average Bonchev–Trinajstić information content (AvgIpc) is 2.61. The van der Waals surface area contributed by atoms with Crippen LogP contribution in [0.4, 0.5) is 11.4 Å². The molecule has 132 valence electrons. The lowest BCUT2D eigenvalue weighted by Gasteiger charge is -2.17. The van der Waals surface area contributed by atoms with Crippen LogP contribution < -0.4 is 15.4 Å². The first kappa shape index (κ1) is 18.5. The second-order valence-corrected chi connectivity index (χ2v) is 5.80. The zero-order valence-corrected chi connectivity index (χ0v) is 14.8. The molecular formula is C20H24N2O3. The Morgan fingerprint density at radius 3 is 2.20 bits per heavy atom. The lowest BCUT2D eigenvalue weighted by Crippen LogP contribution is -2.32. The van der Waals surface area contributed by atoms with Gasteiger partial charge in [-0.15, -0.1) is 0 Å². The molecule has 0 saturated carbocycles. The molecule has 0 aliphatic carbocycles. The molecule has 0 aliphatic rings. The van der Waals surface area contributed by atoms with Crippen LogP contribution in [0.1, 0.15) is 32.3 Å². The minimum Gasteiger partial charge on any atom is -0.481 e. The summed E-state index contributed by atoms with van der Waals surface area (Å²) in [6, 6.07) is 14.6. The van der Waals surface area contributed by atoms with Crippen molar-refractivity contribution >= 4 is 23.2 Å². The molecule has 1 atom stereocenters. The third-order valence-electron chi connectivity index (χ3n) is 3.69. The summed E-state index contributed by atoms with van der Waals surface area (Å²) in [5.41, 5.74) is 2.44. The normalized spacial score (nSPS) is 11.5. The molecule has 0 spiro atoms. The van der Waals surface area contributed by atoms with E-state index in [9.17, 15) is 9.59 Å². The van der Waals surface area contributed by atoms with Gasteiger partial charge in [0.25, 0.3) is 5.91 Å². The molecule has 2 aromatic carbocycles. The maximum atomic E-state index is 12.4. The van der Waals surface area contributed by atoms with Gasteiger partial charge in [-0.05, 0) is 55.3 Å². The highest BCUT2D eigenvalue weighted by atomic mass is 16.5. The van der Waals surface area contributed by atoms with Crippen LogP contribution in [0.3, 0.4) is 0 Å². The van der Waals surface area contributed by atoms with E-state index in [1.807, 2.05) is 38.1 Å². The number of amides is 2. The van der Waals surface area contributed by atoms with E-state index in [-0.39, 0.29) is 11.8 Å². The molecule has 2 N–H and O–H groups in total. The molecule has 0 fully saturated rings. The molecule has 0 aliphatic heterocycles. The molecule has 2 aromatic rings. The van der Waals surface area contributed by atoms with Gasteiger partial charge in [-0.1, -0.05) is 26.0 Å². The van der Waals surface area contributed by atoms with Crippen LogP contribution in [0, 0.1) is 6.92 Å². The smallest absolute Gasteiger partial charge is 0.265 e. The van der Waals surface area contributed by atoms with Crippen molar-refractivity contribution in [3.63, 3.8) is 0 Å². The number of carbonyl (C=O) groups excluding carboxylic acids is 2. The third-order valence-corrected chi connectivity index (χ3v) is 3.69. The molecule has 0 aromatic heterocycles.